The number of halogens is 1. The molecular weight excluding hydrogens is 192 g/mol. The van der Waals surface area contributed by atoms with Crippen LogP contribution in [0.2, 0.25) is 0 Å². The monoisotopic (exact) mass is 203 g/mol. The molecule has 0 radical (unpaired) electrons. The highest BCUT2D eigenvalue weighted by atomic mass is 79.9. The number of hydrogen-bond donors (Lipinski definition) is 0. The summed E-state index contributed by atoms with van der Waals surface area (Å²) in [6.07, 6.45) is 1.79. The fourth-order valence-corrected chi connectivity index (χ4v) is 0.702. The lowest BCUT2D eigenvalue weighted by atomic mass is 10.6. The predicted molar refractivity (Wildman–Crippen MR) is 47.8 cm³/mol. The molecule has 0 atom stereocenters. The van der Waals surface area contributed by atoms with Gasteiger partial charge in [0.1, 0.15) is 0 Å². The molecule has 0 aliphatic carbocycles. The molecule has 0 saturated carbocycles. The van der Waals surface area contributed by atoms with Gasteiger partial charge in [0.15, 0.2) is 6.54 Å². The van der Waals surface area contributed by atoms with Crippen LogP contribution in [-0.2, 0) is 0 Å². The number of quaternary nitrogens is 1. The molecule has 0 aromatic rings. The molecule has 0 aromatic carbocycles. The van der Waals surface area contributed by atoms with E-state index in [1.54, 1.807) is 6.21 Å². The van der Waals surface area contributed by atoms with E-state index in [0.29, 0.717) is 4.59 Å². The molecule has 10 heavy (non-hydrogen) atoms. The highest BCUT2D eigenvalue weighted by molar-refractivity contribution is 9.12. The smallest absolute Gasteiger partial charge is 0.165 e. The van der Waals surface area contributed by atoms with Crippen LogP contribution in [0.3, 0.4) is 0 Å². The summed E-state index contributed by atoms with van der Waals surface area (Å²) in [6, 6.07) is 0. The first-order valence-electron chi connectivity index (χ1n) is 3.04. The average molecular weight is 204 g/mol. The quantitative estimate of drug-likeness (QED) is 0.279. The van der Waals surface area contributed by atoms with Gasteiger partial charge in [0.2, 0.25) is 0 Å². The molecule has 0 rings (SSSR count). The van der Waals surface area contributed by atoms with Crippen LogP contribution in [0.5, 0.6) is 0 Å². The highest BCUT2D eigenvalue weighted by Crippen LogP contribution is 1.94. The van der Waals surface area contributed by atoms with Crippen molar-refractivity contribution < 1.29 is 4.59 Å². The Morgan fingerprint density at radius 3 is 2.60 bits per heavy atom. The first-order valence-corrected chi connectivity index (χ1v) is 3.83. The second-order valence-electron chi connectivity index (χ2n) is 2.42. The third kappa shape index (κ3) is 4.54. The van der Waals surface area contributed by atoms with Gasteiger partial charge in [0.25, 0.3) is 0 Å². The van der Waals surface area contributed by atoms with Crippen molar-refractivity contribution in [3.63, 3.8) is 0 Å². The SMILES string of the molecule is CC=N[N+](C)(C)CC#CBr. The molecular formula is C7H12BrN2+. The van der Waals surface area contributed by atoms with Crippen molar-refractivity contribution in [2.24, 2.45) is 5.10 Å². The van der Waals surface area contributed by atoms with Crippen molar-refractivity contribution >= 4 is 22.1 Å². The number of hydrogen-bond acceptors (Lipinski definition) is 1. The predicted octanol–water partition coefficient (Wildman–Crippen LogP) is 1.42. The van der Waals surface area contributed by atoms with Gasteiger partial charge in [-0.2, -0.15) is 4.59 Å². The van der Waals surface area contributed by atoms with Gasteiger partial charge in [-0.15, -0.1) is 0 Å². The van der Waals surface area contributed by atoms with Crippen molar-refractivity contribution in [1.29, 1.82) is 0 Å². The Morgan fingerprint density at radius 1 is 1.60 bits per heavy atom. The second kappa shape index (κ2) is 4.48. The van der Waals surface area contributed by atoms with Gasteiger partial charge in [-0.3, -0.25) is 0 Å². The minimum atomic E-state index is 0.565. The number of nitrogens with zero attached hydrogens (tertiary/aromatic N) is 2. The first kappa shape index (κ1) is 9.67. The Bertz CT molecular complexity index is 174. The Labute approximate surface area is 70.6 Å². The Balaban J connectivity index is 3.94. The van der Waals surface area contributed by atoms with Crippen LogP contribution in [-0.4, -0.2) is 31.4 Å². The summed E-state index contributed by atoms with van der Waals surface area (Å²) in [6.45, 7) is 2.64. The fourth-order valence-electron chi connectivity index (χ4n) is 0.577. The first-order chi connectivity index (χ1) is 4.62. The van der Waals surface area contributed by atoms with Gasteiger partial charge in [0.05, 0.1) is 20.3 Å². The Hall–Kier alpha value is -0.330. The maximum Gasteiger partial charge on any atom is 0.165 e. The maximum atomic E-state index is 4.18. The van der Waals surface area contributed by atoms with Crippen molar-refractivity contribution in [2.45, 2.75) is 6.92 Å². The van der Waals surface area contributed by atoms with Crippen molar-refractivity contribution in [2.75, 3.05) is 20.6 Å². The van der Waals surface area contributed by atoms with Crippen LogP contribution in [0.4, 0.5) is 0 Å². The second-order valence-corrected chi connectivity index (χ2v) is 2.82. The van der Waals surface area contributed by atoms with Crippen LogP contribution in [0, 0.1) is 10.8 Å². The minimum absolute atomic E-state index is 0.565. The lowest BCUT2D eigenvalue weighted by Gasteiger charge is -2.18. The summed E-state index contributed by atoms with van der Waals surface area (Å²) in [5, 5.41) is 4.18. The van der Waals surface area contributed by atoms with Crippen LogP contribution in [0.1, 0.15) is 6.92 Å². The summed E-state index contributed by atoms with van der Waals surface area (Å²) in [5.74, 6) is 2.90. The normalized spacial score (nSPS) is 11.2. The zero-order chi connectivity index (χ0) is 8.04. The van der Waals surface area contributed by atoms with Crippen LogP contribution in [0.25, 0.3) is 0 Å². The molecule has 0 aliphatic rings. The van der Waals surface area contributed by atoms with Crippen molar-refractivity contribution in [3.05, 3.63) is 0 Å². The minimum Gasteiger partial charge on any atom is -0.193 e. The summed E-state index contributed by atoms with van der Waals surface area (Å²) in [5.41, 5.74) is 0. The summed E-state index contributed by atoms with van der Waals surface area (Å²) >= 11 is 3.03. The molecule has 56 valence electrons. The van der Waals surface area contributed by atoms with Gasteiger partial charge < -0.3 is 0 Å². The summed E-state index contributed by atoms with van der Waals surface area (Å²) in [4.78, 5) is 2.66. The lowest BCUT2D eigenvalue weighted by molar-refractivity contribution is -0.889. The molecule has 0 N–H and O–H groups in total. The summed E-state index contributed by atoms with van der Waals surface area (Å²) < 4.78 is 0.565. The zero-order valence-electron chi connectivity index (χ0n) is 6.56. The van der Waals surface area contributed by atoms with E-state index in [1.165, 1.54) is 0 Å². The van der Waals surface area contributed by atoms with Gasteiger partial charge in [0, 0.05) is 15.9 Å². The van der Waals surface area contributed by atoms with Crippen molar-refractivity contribution in [3.8, 4) is 10.8 Å². The lowest BCUT2D eigenvalue weighted by Crippen LogP contribution is -2.33. The third-order valence-corrected chi connectivity index (χ3v) is 1.24. The standard InChI is InChI=1S/C7H12BrN2/c1-4-9-10(2,3)7-5-6-8/h4H,7H2,1-3H3/q+1. The van der Waals surface area contributed by atoms with E-state index in [2.05, 4.69) is 31.8 Å². The Morgan fingerprint density at radius 2 is 2.20 bits per heavy atom. The molecule has 0 fully saturated rings. The molecule has 0 aliphatic heterocycles. The van der Waals surface area contributed by atoms with Crippen LogP contribution < -0.4 is 0 Å². The van der Waals surface area contributed by atoms with E-state index in [9.17, 15) is 0 Å². The van der Waals surface area contributed by atoms with E-state index in [0.717, 1.165) is 6.54 Å². The van der Waals surface area contributed by atoms with Gasteiger partial charge in [-0.25, -0.2) is 0 Å². The topological polar surface area (TPSA) is 12.4 Å². The molecule has 2 nitrogen and oxygen atoms in total. The third-order valence-electron chi connectivity index (χ3n) is 0.961. The van der Waals surface area contributed by atoms with Crippen LogP contribution in [0.15, 0.2) is 5.10 Å². The number of rotatable bonds is 2. The van der Waals surface area contributed by atoms with E-state index in [1.807, 2.05) is 21.0 Å². The average Bonchev–Trinajstić information content (AvgIpc) is 1.84. The van der Waals surface area contributed by atoms with Gasteiger partial charge in [-0.05, 0) is 17.7 Å². The van der Waals surface area contributed by atoms with E-state index in [-0.39, 0.29) is 0 Å². The van der Waals surface area contributed by atoms with E-state index >= 15 is 0 Å². The summed E-state index contributed by atoms with van der Waals surface area (Å²) in [7, 11) is 3.99. The van der Waals surface area contributed by atoms with E-state index < -0.39 is 0 Å². The zero-order valence-corrected chi connectivity index (χ0v) is 8.14. The molecule has 0 amide bonds. The fraction of sp³-hybridized carbons (Fsp3) is 0.571. The maximum absolute atomic E-state index is 4.18. The Kier molecular flexibility index (Phi) is 4.33. The largest absolute Gasteiger partial charge is 0.193 e. The highest BCUT2D eigenvalue weighted by Gasteiger charge is 2.08. The molecule has 0 aromatic heterocycles. The molecule has 0 heterocycles. The van der Waals surface area contributed by atoms with Crippen LogP contribution >= 0.6 is 15.9 Å². The molecule has 0 spiro atoms. The molecule has 3 heteroatoms. The molecule has 0 bridgehead atoms. The molecule has 0 saturated heterocycles. The van der Waals surface area contributed by atoms with Crippen molar-refractivity contribution in [1.82, 2.24) is 0 Å². The molecule has 0 unspecified atom stereocenters. The van der Waals surface area contributed by atoms with Gasteiger partial charge in [-0.1, -0.05) is 5.10 Å². The van der Waals surface area contributed by atoms with Gasteiger partial charge >= 0.3 is 0 Å². The van der Waals surface area contributed by atoms with E-state index in [4.69, 9.17) is 0 Å².